The van der Waals surface area contributed by atoms with Crippen LogP contribution in [0.1, 0.15) is 36.8 Å². The molecule has 0 unspecified atom stereocenters. The van der Waals surface area contributed by atoms with Gasteiger partial charge in [0.2, 0.25) is 5.91 Å². The Hall–Kier alpha value is -1.00. The number of rotatable bonds is 7. The van der Waals surface area contributed by atoms with Crippen LogP contribution >= 0.6 is 11.8 Å². The molecule has 1 aromatic carbocycles. The van der Waals surface area contributed by atoms with Crippen LogP contribution in [-0.2, 0) is 4.79 Å². The lowest BCUT2D eigenvalue weighted by Crippen LogP contribution is -2.45. The predicted octanol–water partition coefficient (Wildman–Crippen LogP) is 3.16. The molecule has 0 atom stereocenters. The topological polar surface area (TPSA) is 40.5 Å². The summed E-state index contributed by atoms with van der Waals surface area (Å²) < 4.78 is 0. The maximum atomic E-state index is 12.5. The molecule has 116 valence electrons. The van der Waals surface area contributed by atoms with E-state index in [1.54, 1.807) is 11.8 Å². The Balaban J connectivity index is 1.93. The summed E-state index contributed by atoms with van der Waals surface area (Å²) >= 11 is 1.63. The molecule has 1 N–H and O–H groups in total. The number of nitrogens with zero attached hydrogens (tertiary/aromatic N) is 1. The van der Waals surface area contributed by atoms with Crippen LogP contribution in [0.3, 0.4) is 0 Å². The predicted molar refractivity (Wildman–Crippen MR) is 87.7 cm³/mol. The Morgan fingerprint density at radius 3 is 2.76 bits per heavy atom. The first-order valence-electron chi connectivity index (χ1n) is 7.72. The molecule has 0 heterocycles. The summed E-state index contributed by atoms with van der Waals surface area (Å²) in [5.41, 5.74) is 2.45. The van der Waals surface area contributed by atoms with Crippen molar-refractivity contribution in [3.8, 4) is 0 Å². The Labute approximate surface area is 131 Å². The molecule has 1 saturated carbocycles. The fourth-order valence-corrected chi connectivity index (χ4v) is 3.55. The zero-order chi connectivity index (χ0) is 15.2. The SMILES string of the molecule is Cc1ccc(C)c(SCC(=O)N(CCCO)C2CCC2)c1. The third-order valence-electron chi connectivity index (χ3n) is 4.09. The Bertz CT molecular complexity index is 486. The van der Waals surface area contributed by atoms with E-state index < -0.39 is 0 Å². The summed E-state index contributed by atoms with van der Waals surface area (Å²) in [6.45, 7) is 5.00. The minimum absolute atomic E-state index is 0.153. The van der Waals surface area contributed by atoms with Crippen molar-refractivity contribution < 1.29 is 9.90 Å². The molecule has 4 heteroatoms. The monoisotopic (exact) mass is 307 g/mol. The number of hydrogen-bond acceptors (Lipinski definition) is 3. The molecule has 1 amide bonds. The van der Waals surface area contributed by atoms with Crippen LogP contribution in [-0.4, -0.2) is 40.9 Å². The summed E-state index contributed by atoms with van der Waals surface area (Å²) in [5, 5.41) is 9.00. The first-order chi connectivity index (χ1) is 10.1. The van der Waals surface area contributed by atoms with Crippen LogP contribution in [0.15, 0.2) is 23.1 Å². The Morgan fingerprint density at radius 2 is 2.14 bits per heavy atom. The van der Waals surface area contributed by atoms with Gasteiger partial charge in [0.05, 0.1) is 5.75 Å². The van der Waals surface area contributed by atoms with E-state index in [9.17, 15) is 4.79 Å². The Kier molecular flexibility index (Phi) is 6.12. The van der Waals surface area contributed by atoms with Gasteiger partial charge in [-0.3, -0.25) is 4.79 Å². The van der Waals surface area contributed by atoms with Gasteiger partial charge in [-0.15, -0.1) is 11.8 Å². The number of carbonyl (C=O) groups excluding carboxylic acids is 1. The number of hydrogen-bond donors (Lipinski definition) is 1. The lowest BCUT2D eigenvalue weighted by Gasteiger charge is -2.37. The second-order valence-electron chi connectivity index (χ2n) is 5.81. The summed E-state index contributed by atoms with van der Waals surface area (Å²) in [6.07, 6.45) is 4.13. The van der Waals surface area contributed by atoms with Gasteiger partial charge < -0.3 is 10.0 Å². The van der Waals surface area contributed by atoms with E-state index in [-0.39, 0.29) is 12.5 Å². The summed E-state index contributed by atoms with van der Waals surface area (Å²) in [4.78, 5) is 15.7. The van der Waals surface area contributed by atoms with Gasteiger partial charge in [0.1, 0.15) is 0 Å². The number of carbonyl (C=O) groups is 1. The van der Waals surface area contributed by atoms with Gasteiger partial charge >= 0.3 is 0 Å². The fraction of sp³-hybridized carbons (Fsp3) is 0.588. The van der Waals surface area contributed by atoms with Crippen molar-refractivity contribution in [3.05, 3.63) is 29.3 Å². The van der Waals surface area contributed by atoms with E-state index in [4.69, 9.17) is 5.11 Å². The maximum Gasteiger partial charge on any atom is 0.233 e. The van der Waals surface area contributed by atoms with E-state index in [0.717, 1.165) is 12.8 Å². The first-order valence-corrected chi connectivity index (χ1v) is 8.70. The summed E-state index contributed by atoms with van der Waals surface area (Å²) in [6, 6.07) is 6.76. The highest BCUT2D eigenvalue weighted by Crippen LogP contribution is 2.28. The average Bonchev–Trinajstić information content (AvgIpc) is 2.41. The number of benzene rings is 1. The van der Waals surface area contributed by atoms with E-state index >= 15 is 0 Å². The Morgan fingerprint density at radius 1 is 1.38 bits per heavy atom. The van der Waals surface area contributed by atoms with Crippen molar-refractivity contribution in [2.24, 2.45) is 0 Å². The highest BCUT2D eigenvalue weighted by molar-refractivity contribution is 8.00. The average molecular weight is 307 g/mol. The van der Waals surface area contributed by atoms with Gasteiger partial charge in [-0.1, -0.05) is 17.7 Å². The largest absolute Gasteiger partial charge is 0.396 e. The molecule has 0 aromatic heterocycles. The van der Waals surface area contributed by atoms with E-state index in [0.29, 0.717) is 24.8 Å². The third-order valence-corrected chi connectivity index (χ3v) is 5.23. The number of aliphatic hydroxyl groups excluding tert-OH is 1. The molecule has 2 rings (SSSR count). The summed E-state index contributed by atoms with van der Waals surface area (Å²) in [7, 11) is 0. The van der Waals surface area contributed by atoms with E-state index in [1.165, 1.54) is 22.4 Å². The van der Waals surface area contributed by atoms with Gasteiger partial charge in [0.15, 0.2) is 0 Å². The molecule has 1 aliphatic rings. The molecule has 0 bridgehead atoms. The van der Waals surface area contributed by atoms with Crippen LogP contribution in [0.5, 0.6) is 0 Å². The number of amides is 1. The van der Waals surface area contributed by atoms with Gasteiger partial charge in [0, 0.05) is 24.1 Å². The molecule has 0 aliphatic heterocycles. The molecule has 21 heavy (non-hydrogen) atoms. The van der Waals surface area contributed by atoms with Crippen molar-refractivity contribution in [3.63, 3.8) is 0 Å². The molecule has 1 aliphatic carbocycles. The standard InChI is InChI=1S/C17H25NO2S/c1-13-7-8-14(2)16(11-13)21-12-17(20)18(9-4-10-19)15-5-3-6-15/h7-8,11,15,19H,3-6,9-10,12H2,1-2H3. The second-order valence-corrected chi connectivity index (χ2v) is 6.82. The number of thioether (sulfide) groups is 1. The van der Waals surface area contributed by atoms with Crippen molar-refractivity contribution in [1.29, 1.82) is 0 Å². The molecule has 3 nitrogen and oxygen atoms in total. The smallest absolute Gasteiger partial charge is 0.233 e. The molecule has 0 saturated heterocycles. The van der Waals surface area contributed by atoms with E-state index in [2.05, 4.69) is 32.0 Å². The minimum atomic E-state index is 0.153. The highest BCUT2D eigenvalue weighted by Gasteiger charge is 2.28. The van der Waals surface area contributed by atoms with Crippen molar-refractivity contribution in [2.75, 3.05) is 18.9 Å². The van der Waals surface area contributed by atoms with Crippen molar-refractivity contribution in [1.82, 2.24) is 4.90 Å². The zero-order valence-electron chi connectivity index (χ0n) is 13.0. The van der Waals surface area contributed by atoms with Gasteiger partial charge in [0.25, 0.3) is 0 Å². The van der Waals surface area contributed by atoms with E-state index in [1.807, 2.05) is 4.90 Å². The second kappa shape index (κ2) is 7.85. The van der Waals surface area contributed by atoms with Gasteiger partial charge in [-0.2, -0.15) is 0 Å². The molecule has 0 spiro atoms. The van der Waals surface area contributed by atoms with Gasteiger partial charge in [-0.05, 0) is 51.2 Å². The lowest BCUT2D eigenvalue weighted by molar-refractivity contribution is -0.132. The molecule has 1 aromatic rings. The number of aliphatic hydroxyl groups is 1. The fourth-order valence-electron chi connectivity index (χ4n) is 2.54. The molecule has 0 radical (unpaired) electrons. The zero-order valence-corrected chi connectivity index (χ0v) is 13.8. The van der Waals surface area contributed by atoms with Crippen molar-refractivity contribution in [2.45, 2.75) is 50.5 Å². The lowest BCUT2D eigenvalue weighted by atomic mass is 9.91. The van der Waals surface area contributed by atoms with Crippen LogP contribution in [0.2, 0.25) is 0 Å². The first kappa shape index (κ1) is 16.4. The van der Waals surface area contributed by atoms with Crippen LogP contribution in [0, 0.1) is 13.8 Å². The van der Waals surface area contributed by atoms with Crippen LogP contribution in [0.25, 0.3) is 0 Å². The van der Waals surface area contributed by atoms with Crippen LogP contribution in [0.4, 0.5) is 0 Å². The molecular formula is C17H25NO2S. The quantitative estimate of drug-likeness (QED) is 0.787. The minimum Gasteiger partial charge on any atom is -0.396 e. The normalized spacial score (nSPS) is 14.8. The molecular weight excluding hydrogens is 282 g/mol. The number of aryl methyl sites for hydroxylation is 2. The highest BCUT2D eigenvalue weighted by atomic mass is 32.2. The summed E-state index contributed by atoms with van der Waals surface area (Å²) in [5.74, 6) is 0.700. The maximum absolute atomic E-state index is 12.5. The molecule has 1 fully saturated rings. The third kappa shape index (κ3) is 4.48. The van der Waals surface area contributed by atoms with Gasteiger partial charge in [-0.25, -0.2) is 0 Å². The van der Waals surface area contributed by atoms with Crippen LogP contribution < -0.4 is 0 Å². The van der Waals surface area contributed by atoms with Crippen molar-refractivity contribution >= 4 is 17.7 Å².